The van der Waals surface area contributed by atoms with Crippen LogP contribution in [0.1, 0.15) is 16.8 Å². The normalized spacial score (nSPS) is 10.3. The van der Waals surface area contributed by atoms with Gasteiger partial charge in [-0.2, -0.15) is 15.0 Å². The summed E-state index contributed by atoms with van der Waals surface area (Å²) in [6.45, 7) is 5.31. The lowest BCUT2D eigenvalue weighted by atomic mass is 10.6. The molecule has 7 nitrogen and oxygen atoms in total. The lowest BCUT2D eigenvalue weighted by Crippen LogP contribution is -2.09. The van der Waals surface area contributed by atoms with E-state index in [9.17, 15) is 0 Å². The summed E-state index contributed by atoms with van der Waals surface area (Å²) in [5, 5.41) is 7.13. The number of anilines is 2. The molecule has 102 valence electrons. The van der Waals surface area contributed by atoms with Gasteiger partial charge in [-0.3, -0.25) is 0 Å². The Bertz CT molecular complexity index is 544. The van der Waals surface area contributed by atoms with Gasteiger partial charge in [0.25, 0.3) is 0 Å². The maximum Gasteiger partial charge on any atom is 0.322 e. The number of rotatable bonds is 6. The first-order chi connectivity index (χ1) is 9.21. The van der Waals surface area contributed by atoms with Gasteiger partial charge in [0.1, 0.15) is 5.01 Å². The summed E-state index contributed by atoms with van der Waals surface area (Å²) >= 11 is 1.64. The molecule has 0 aliphatic heterocycles. The van der Waals surface area contributed by atoms with Crippen molar-refractivity contribution >= 4 is 23.2 Å². The lowest BCUT2D eigenvalue weighted by Gasteiger charge is -2.07. The number of nitrogens with one attached hydrogen (secondary N) is 2. The monoisotopic (exact) mass is 280 g/mol. The van der Waals surface area contributed by atoms with E-state index in [1.54, 1.807) is 11.3 Å². The Balaban J connectivity index is 2.08. The highest BCUT2D eigenvalue weighted by Gasteiger charge is 2.06. The molecule has 0 spiro atoms. The van der Waals surface area contributed by atoms with Crippen LogP contribution in [-0.4, -0.2) is 33.6 Å². The molecule has 2 aromatic rings. The summed E-state index contributed by atoms with van der Waals surface area (Å²) in [5.74, 6) is 0.961. The first-order valence-electron chi connectivity index (χ1n) is 5.90. The zero-order valence-corrected chi connectivity index (χ0v) is 11.9. The summed E-state index contributed by atoms with van der Waals surface area (Å²) in [7, 11) is 1.53. The summed E-state index contributed by atoms with van der Waals surface area (Å²) in [6.07, 6.45) is 1.85. The van der Waals surface area contributed by atoms with Gasteiger partial charge < -0.3 is 15.4 Å². The highest BCUT2D eigenvalue weighted by atomic mass is 32.1. The summed E-state index contributed by atoms with van der Waals surface area (Å²) in [4.78, 5) is 17.9. The predicted octanol–water partition coefficient (Wildman–Crippen LogP) is 1.69. The third-order valence-electron chi connectivity index (χ3n) is 2.20. The molecule has 2 aromatic heterocycles. The van der Waals surface area contributed by atoms with Crippen molar-refractivity contribution in [2.45, 2.75) is 20.4 Å². The Morgan fingerprint density at radius 1 is 1.21 bits per heavy atom. The average Bonchev–Trinajstić information content (AvgIpc) is 2.82. The summed E-state index contributed by atoms with van der Waals surface area (Å²) in [5.41, 5.74) is 0. The van der Waals surface area contributed by atoms with Gasteiger partial charge in [0, 0.05) is 17.6 Å². The molecule has 0 aliphatic carbocycles. The fraction of sp³-hybridized carbons (Fsp3) is 0.455. The van der Waals surface area contributed by atoms with E-state index < -0.39 is 0 Å². The quantitative estimate of drug-likeness (QED) is 0.832. The molecule has 8 heteroatoms. The van der Waals surface area contributed by atoms with Gasteiger partial charge in [0.15, 0.2) is 0 Å². The first kappa shape index (κ1) is 13.5. The van der Waals surface area contributed by atoms with Gasteiger partial charge in [-0.25, -0.2) is 4.98 Å². The van der Waals surface area contributed by atoms with E-state index in [0.717, 1.165) is 11.6 Å². The second-order valence-electron chi connectivity index (χ2n) is 3.72. The van der Waals surface area contributed by atoms with Crippen molar-refractivity contribution in [3.05, 3.63) is 16.1 Å². The van der Waals surface area contributed by atoms with Gasteiger partial charge in [0.05, 0.1) is 13.7 Å². The van der Waals surface area contributed by atoms with Crippen molar-refractivity contribution in [1.82, 2.24) is 19.9 Å². The fourth-order valence-corrected chi connectivity index (χ4v) is 2.13. The fourth-order valence-electron chi connectivity index (χ4n) is 1.40. The Labute approximate surface area is 115 Å². The minimum Gasteiger partial charge on any atom is -0.467 e. The number of aromatic nitrogens is 4. The van der Waals surface area contributed by atoms with Crippen molar-refractivity contribution in [1.29, 1.82) is 0 Å². The third-order valence-corrected chi connectivity index (χ3v) is 3.11. The Hall–Kier alpha value is -1.96. The van der Waals surface area contributed by atoms with Gasteiger partial charge in [-0.05, 0) is 13.8 Å². The van der Waals surface area contributed by atoms with Crippen molar-refractivity contribution < 1.29 is 4.74 Å². The van der Waals surface area contributed by atoms with E-state index in [1.807, 2.05) is 20.0 Å². The number of ether oxygens (including phenoxy) is 1. The molecule has 2 rings (SSSR count). The van der Waals surface area contributed by atoms with Gasteiger partial charge in [-0.1, -0.05) is 0 Å². The minimum absolute atomic E-state index is 0.281. The molecule has 2 heterocycles. The molecule has 0 aromatic carbocycles. The molecule has 2 N–H and O–H groups in total. The van der Waals surface area contributed by atoms with Crippen LogP contribution < -0.4 is 15.4 Å². The van der Waals surface area contributed by atoms with Crippen LogP contribution in [0.4, 0.5) is 11.9 Å². The van der Waals surface area contributed by atoms with E-state index in [1.165, 1.54) is 12.0 Å². The number of methoxy groups -OCH3 is 1. The van der Waals surface area contributed by atoms with E-state index >= 15 is 0 Å². The molecule has 0 atom stereocenters. The second kappa shape index (κ2) is 6.28. The van der Waals surface area contributed by atoms with Crippen LogP contribution in [0.15, 0.2) is 6.20 Å². The summed E-state index contributed by atoms with van der Waals surface area (Å²) < 4.78 is 5.04. The number of hydrogen-bond acceptors (Lipinski definition) is 8. The van der Waals surface area contributed by atoms with E-state index in [-0.39, 0.29) is 6.01 Å². The molecule has 0 radical (unpaired) electrons. The number of thiazole rings is 1. The van der Waals surface area contributed by atoms with E-state index in [2.05, 4.69) is 30.6 Å². The van der Waals surface area contributed by atoms with Crippen molar-refractivity contribution in [3.8, 4) is 6.01 Å². The van der Waals surface area contributed by atoms with Crippen LogP contribution >= 0.6 is 11.3 Å². The first-order valence-corrected chi connectivity index (χ1v) is 6.72. The Morgan fingerprint density at radius 3 is 2.53 bits per heavy atom. The highest BCUT2D eigenvalue weighted by molar-refractivity contribution is 7.11. The van der Waals surface area contributed by atoms with Crippen LogP contribution in [0.3, 0.4) is 0 Å². The molecule has 0 unspecified atom stereocenters. The van der Waals surface area contributed by atoms with Gasteiger partial charge in [-0.15, -0.1) is 11.3 Å². The highest BCUT2D eigenvalue weighted by Crippen LogP contribution is 2.14. The Kier molecular flexibility index (Phi) is 4.45. The molecule has 0 amide bonds. The van der Waals surface area contributed by atoms with Crippen LogP contribution in [0, 0.1) is 6.92 Å². The van der Waals surface area contributed by atoms with Crippen molar-refractivity contribution in [2.75, 3.05) is 24.3 Å². The van der Waals surface area contributed by atoms with Crippen molar-refractivity contribution in [3.63, 3.8) is 0 Å². The largest absolute Gasteiger partial charge is 0.467 e. The molecular formula is C11H16N6OS. The van der Waals surface area contributed by atoms with Gasteiger partial charge >= 0.3 is 6.01 Å². The molecule has 0 saturated heterocycles. The van der Waals surface area contributed by atoms with Crippen LogP contribution in [0.2, 0.25) is 0 Å². The third kappa shape index (κ3) is 3.75. The summed E-state index contributed by atoms with van der Waals surface area (Å²) in [6, 6.07) is 0.281. The topological polar surface area (TPSA) is 84.9 Å². The van der Waals surface area contributed by atoms with E-state index in [0.29, 0.717) is 18.4 Å². The standard InChI is InChI=1S/C11H16N6OS/c1-4-12-9-15-10(17-11(16-9)18-3)14-6-8-13-5-7(2)19-8/h5H,4,6H2,1-3H3,(H2,12,14,15,16,17). The minimum atomic E-state index is 0.281. The molecule has 0 bridgehead atoms. The smallest absolute Gasteiger partial charge is 0.322 e. The van der Waals surface area contributed by atoms with Crippen LogP contribution in [0.5, 0.6) is 6.01 Å². The van der Waals surface area contributed by atoms with Crippen molar-refractivity contribution in [2.24, 2.45) is 0 Å². The number of nitrogens with zero attached hydrogens (tertiary/aromatic N) is 4. The Morgan fingerprint density at radius 2 is 1.95 bits per heavy atom. The maximum absolute atomic E-state index is 5.04. The molecular weight excluding hydrogens is 264 g/mol. The lowest BCUT2D eigenvalue weighted by molar-refractivity contribution is 0.379. The SMILES string of the molecule is CCNc1nc(NCc2ncc(C)s2)nc(OC)n1. The average molecular weight is 280 g/mol. The zero-order chi connectivity index (χ0) is 13.7. The molecule has 19 heavy (non-hydrogen) atoms. The van der Waals surface area contributed by atoms with Crippen LogP contribution in [0.25, 0.3) is 0 Å². The number of aryl methyl sites for hydroxylation is 1. The predicted molar refractivity (Wildman–Crippen MR) is 74.7 cm³/mol. The maximum atomic E-state index is 5.04. The molecule has 0 aliphatic rings. The molecule has 0 saturated carbocycles. The van der Waals surface area contributed by atoms with E-state index in [4.69, 9.17) is 4.74 Å². The zero-order valence-electron chi connectivity index (χ0n) is 11.1. The van der Waals surface area contributed by atoms with Gasteiger partial charge in [0.2, 0.25) is 11.9 Å². The number of hydrogen-bond donors (Lipinski definition) is 2. The second-order valence-corrected chi connectivity index (χ2v) is 5.04. The van der Waals surface area contributed by atoms with Crippen LogP contribution in [-0.2, 0) is 6.54 Å². The molecule has 0 fully saturated rings.